The number of nitrogens with two attached hydrogens (primary N) is 2. The van der Waals surface area contributed by atoms with Crippen LogP contribution in [0.3, 0.4) is 0 Å². The van der Waals surface area contributed by atoms with Crippen molar-refractivity contribution in [2.24, 2.45) is 16.9 Å². The Hall–Kier alpha value is -2.09. The zero-order valence-electron chi connectivity index (χ0n) is 12.6. The highest BCUT2D eigenvalue weighted by molar-refractivity contribution is 9.10. The van der Waals surface area contributed by atoms with Crippen molar-refractivity contribution >= 4 is 38.9 Å². The molecule has 5 N–H and O–H groups in total. The highest BCUT2D eigenvalue weighted by Crippen LogP contribution is 2.29. The molecule has 2 rings (SSSR count). The Morgan fingerprint density at radius 1 is 1.41 bits per heavy atom. The lowest BCUT2D eigenvalue weighted by Gasteiger charge is -2.30. The number of fused-ring (bicyclic) bond motifs is 1. The average molecular weight is 368 g/mol. The number of anilines is 1. The van der Waals surface area contributed by atoms with E-state index in [2.05, 4.69) is 26.3 Å². The maximum Gasteiger partial charge on any atom is 0.252 e. The molecule has 0 fully saturated rings. The molecule has 2 heterocycles. The lowest BCUT2D eigenvalue weighted by Crippen LogP contribution is -2.44. The molecule has 0 saturated carbocycles. The number of primary amides is 2. The second-order valence-corrected chi connectivity index (χ2v) is 6.65. The Kier molecular flexibility index (Phi) is 4.15. The normalized spacial score (nSPS) is 13.1. The molecule has 2 aromatic heterocycles. The van der Waals surface area contributed by atoms with Gasteiger partial charge >= 0.3 is 0 Å². The largest absolute Gasteiger partial charge is 0.379 e. The standard InChI is InChI=1S/C14H18BrN5O2/c1-7(14(2,3)13(17)22)19-11-9(12(16)21)5-18-20-6-8(15)4-10(11)20/h4-7,19H,1-3H3,(H2,16,21)(H2,17,22)/t7-/m1/s1. The van der Waals surface area contributed by atoms with Gasteiger partial charge in [0, 0.05) is 16.7 Å². The summed E-state index contributed by atoms with van der Waals surface area (Å²) in [7, 11) is 0. The molecule has 0 aliphatic heterocycles. The van der Waals surface area contributed by atoms with Crippen molar-refractivity contribution in [3.05, 3.63) is 28.5 Å². The first-order valence-corrected chi connectivity index (χ1v) is 7.47. The van der Waals surface area contributed by atoms with Crippen molar-refractivity contribution in [2.45, 2.75) is 26.8 Å². The lowest BCUT2D eigenvalue weighted by atomic mass is 9.84. The van der Waals surface area contributed by atoms with Crippen LogP contribution in [0.1, 0.15) is 31.1 Å². The molecule has 0 saturated heterocycles. The fourth-order valence-electron chi connectivity index (χ4n) is 1.97. The van der Waals surface area contributed by atoms with E-state index in [0.29, 0.717) is 11.2 Å². The molecule has 2 aromatic rings. The third-order valence-electron chi connectivity index (χ3n) is 3.95. The number of halogens is 1. The van der Waals surface area contributed by atoms with Gasteiger partial charge in [-0.3, -0.25) is 9.59 Å². The quantitative estimate of drug-likeness (QED) is 0.742. The molecule has 0 aromatic carbocycles. The maximum absolute atomic E-state index is 11.7. The van der Waals surface area contributed by atoms with Crippen molar-refractivity contribution in [2.75, 3.05) is 5.32 Å². The van der Waals surface area contributed by atoms with Crippen LogP contribution in [0, 0.1) is 5.41 Å². The molecular formula is C14H18BrN5O2. The van der Waals surface area contributed by atoms with E-state index >= 15 is 0 Å². The summed E-state index contributed by atoms with van der Waals surface area (Å²) in [5.41, 5.74) is 11.5. The molecule has 0 bridgehead atoms. The number of carbonyl (C=O) groups is 2. The fourth-order valence-corrected chi connectivity index (χ4v) is 2.38. The number of carbonyl (C=O) groups excluding carboxylic acids is 2. The summed E-state index contributed by atoms with van der Waals surface area (Å²) in [6.07, 6.45) is 3.16. The summed E-state index contributed by atoms with van der Waals surface area (Å²) in [6, 6.07) is 1.49. The Labute approximate surface area is 136 Å². The van der Waals surface area contributed by atoms with Gasteiger partial charge in [0.15, 0.2) is 0 Å². The minimum Gasteiger partial charge on any atom is -0.379 e. The second kappa shape index (κ2) is 5.60. The molecule has 0 unspecified atom stereocenters. The third-order valence-corrected chi connectivity index (χ3v) is 4.38. The van der Waals surface area contributed by atoms with Crippen LogP contribution in [0.15, 0.2) is 22.9 Å². The summed E-state index contributed by atoms with van der Waals surface area (Å²) in [4.78, 5) is 23.3. The maximum atomic E-state index is 11.7. The van der Waals surface area contributed by atoms with Crippen molar-refractivity contribution in [3.63, 3.8) is 0 Å². The zero-order valence-corrected chi connectivity index (χ0v) is 14.1. The van der Waals surface area contributed by atoms with Gasteiger partial charge < -0.3 is 16.8 Å². The van der Waals surface area contributed by atoms with Gasteiger partial charge in [0.25, 0.3) is 5.91 Å². The number of nitrogens with zero attached hydrogens (tertiary/aromatic N) is 2. The topological polar surface area (TPSA) is 116 Å². The minimum atomic E-state index is -0.807. The molecule has 7 nitrogen and oxygen atoms in total. The highest BCUT2D eigenvalue weighted by Gasteiger charge is 2.33. The van der Waals surface area contributed by atoms with E-state index in [4.69, 9.17) is 11.5 Å². The average Bonchev–Trinajstić information content (AvgIpc) is 2.79. The van der Waals surface area contributed by atoms with Crippen molar-refractivity contribution in [1.29, 1.82) is 0 Å². The van der Waals surface area contributed by atoms with Gasteiger partial charge in [-0.05, 0) is 42.8 Å². The summed E-state index contributed by atoms with van der Waals surface area (Å²) >= 11 is 3.37. The lowest BCUT2D eigenvalue weighted by molar-refractivity contribution is -0.126. The molecule has 0 aliphatic carbocycles. The van der Waals surface area contributed by atoms with Crippen LogP contribution in [0.2, 0.25) is 0 Å². The monoisotopic (exact) mass is 367 g/mol. The fraction of sp³-hybridized carbons (Fsp3) is 0.357. The summed E-state index contributed by atoms with van der Waals surface area (Å²) in [5.74, 6) is -1.03. The van der Waals surface area contributed by atoms with Crippen molar-refractivity contribution in [3.8, 4) is 0 Å². The van der Waals surface area contributed by atoms with E-state index in [9.17, 15) is 9.59 Å². The summed E-state index contributed by atoms with van der Waals surface area (Å²) < 4.78 is 2.43. The van der Waals surface area contributed by atoms with Gasteiger partial charge in [-0.2, -0.15) is 5.10 Å². The molecule has 2 amide bonds. The predicted octanol–water partition coefficient (Wildman–Crippen LogP) is 1.51. The SMILES string of the molecule is C[C@@H](Nc1c(C(N)=O)cnn2cc(Br)cc12)C(C)(C)C(N)=O. The number of hydrogen-bond donors (Lipinski definition) is 3. The first-order chi connectivity index (χ1) is 10.1. The zero-order chi connectivity index (χ0) is 16.7. The minimum absolute atomic E-state index is 0.255. The van der Waals surface area contributed by atoms with Crippen LogP contribution in [0.5, 0.6) is 0 Å². The number of amides is 2. The van der Waals surface area contributed by atoms with E-state index in [1.54, 1.807) is 24.6 Å². The molecule has 0 radical (unpaired) electrons. The highest BCUT2D eigenvalue weighted by atomic mass is 79.9. The molecule has 1 atom stereocenters. The van der Waals surface area contributed by atoms with Gasteiger partial charge in [-0.15, -0.1) is 0 Å². The van der Waals surface area contributed by atoms with Gasteiger partial charge in [0.05, 0.1) is 28.4 Å². The summed E-state index contributed by atoms with van der Waals surface area (Å²) in [5, 5.41) is 7.33. The molecular weight excluding hydrogens is 350 g/mol. The van der Waals surface area contributed by atoms with Gasteiger partial charge in [0.1, 0.15) is 0 Å². The van der Waals surface area contributed by atoms with Crippen LogP contribution >= 0.6 is 15.9 Å². The van der Waals surface area contributed by atoms with Crippen LogP contribution in [-0.4, -0.2) is 27.5 Å². The number of hydrogen-bond acceptors (Lipinski definition) is 4. The van der Waals surface area contributed by atoms with Crippen molar-refractivity contribution in [1.82, 2.24) is 9.61 Å². The summed E-state index contributed by atoms with van der Waals surface area (Å²) in [6.45, 7) is 5.30. The first-order valence-electron chi connectivity index (χ1n) is 6.67. The predicted molar refractivity (Wildman–Crippen MR) is 87.5 cm³/mol. The van der Waals surface area contributed by atoms with E-state index in [1.165, 1.54) is 6.20 Å². The van der Waals surface area contributed by atoms with Gasteiger partial charge in [0.2, 0.25) is 5.91 Å². The van der Waals surface area contributed by atoms with Crippen LogP contribution in [-0.2, 0) is 4.79 Å². The Balaban J connectivity index is 2.55. The second-order valence-electron chi connectivity index (χ2n) is 5.74. The molecule has 22 heavy (non-hydrogen) atoms. The molecule has 0 spiro atoms. The Bertz CT molecular complexity index is 753. The Morgan fingerprint density at radius 2 is 2.05 bits per heavy atom. The Morgan fingerprint density at radius 3 is 2.59 bits per heavy atom. The molecule has 0 aliphatic rings. The number of nitrogens with one attached hydrogen (secondary N) is 1. The van der Waals surface area contributed by atoms with E-state index in [1.807, 2.05) is 13.0 Å². The van der Waals surface area contributed by atoms with Crippen LogP contribution in [0.4, 0.5) is 5.69 Å². The third kappa shape index (κ3) is 2.78. The number of aromatic nitrogens is 2. The van der Waals surface area contributed by atoms with Gasteiger partial charge in [-0.25, -0.2) is 4.52 Å². The smallest absolute Gasteiger partial charge is 0.252 e. The molecule has 118 valence electrons. The van der Waals surface area contributed by atoms with Gasteiger partial charge in [-0.1, -0.05) is 0 Å². The van der Waals surface area contributed by atoms with E-state index in [-0.39, 0.29) is 11.6 Å². The van der Waals surface area contributed by atoms with Crippen molar-refractivity contribution < 1.29 is 9.59 Å². The van der Waals surface area contributed by atoms with Crippen LogP contribution < -0.4 is 16.8 Å². The number of rotatable bonds is 5. The first kappa shape index (κ1) is 16.3. The van der Waals surface area contributed by atoms with Crippen LogP contribution in [0.25, 0.3) is 5.52 Å². The molecule has 8 heteroatoms. The van der Waals surface area contributed by atoms with E-state index < -0.39 is 17.2 Å². The van der Waals surface area contributed by atoms with E-state index in [0.717, 1.165) is 4.47 Å².